The van der Waals surface area contributed by atoms with E-state index in [-0.39, 0.29) is 17.8 Å². The topological polar surface area (TPSA) is 111 Å². The number of nitrogens with zero attached hydrogens (tertiary/aromatic N) is 1. The number of esters is 1. The number of hydrogen-bond acceptors (Lipinski definition) is 6. The highest BCUT2D eigenvalue weighted by atomic mass is 32.1. The summed E-state index contributed by atoms with van der Waals surface area (Å²) in [4.78, 5) is 35.4. The summed E-state index contributed by atoms with van der Waals surface area (Å²) in [6.07, 6.45) is 5.52. The summed E-state index contributed by atoms with van der Waals surface area (Å²) >= 11 is 1.21. The van der Waals surface area contributed by atoms with Gasteiger partial charge in [0.2, 0.25) is 0 Å². The van der Waals surface area contributed by atoms with Gasteiger partial charge in [-0.25, -0.2) is 9.59 Å². The number of non-ortho nitro benzene ring substituents is 1. The van der Waals surface area contributed by atoms with Crippen molar-refractivity contribution in [3.05, 3.63) is 63.5 Å². The van der Waals surface area contributed by atoms with Crippen LogP contribution in [-0.4, -0.2) is 23.0 Å². The zero-order valence-corrected chi connectivity index (χ0v) is 17.4. The number of benzene rings is 2. The number of nitro groups is 1. The van der Waals surface area contributed by atoms with Gasteiger partial charge in [0, 0.05) is 33.9 Å². The van der Waals surface area contributed by atoms with Crippen LogP contribution < -0.4 is 15.4 Å². The number of rotatable bonds is 5. The molecule has 0 spiro atoms. The standard InChI is InChI=1S/C22H21N3O5S/c26-21(20-13-14-12-17(25(28)29)8-11-19(14)31-20)30-18-9-6-16(7-10-18)24-22(27)23-15-4-2-1-3-5-15/h6-13,15H,1-5H2,(H2,23,24,27). The number of nitrogens with one attached hydrogen (secondary N) is 2. The molecule has 1 saturated carbocycles. The minimum Gasteiger partial charge on any atom is -0.422 e. The number of ether oxygens (including phenoxy) is 1. The van der Waals surface area contributed by atoms with Gasteiger partial charge in [-0.1, -0.05) is 19.3 Å². The van der Waals surface area contributed by atoms with Crippen LogP contribution in [0.2, 0.25) is 0 Å². The number of hydrogen-bond donors (Lipinski definition) is 2. The molecule has 0 radical (unpaired) electrons. The van der Waals surface area contributed by atoms with Crippen LogP contribution in [0, 0.1) is 10.1 Å². The van der Waals surface area contributed by atoms with Crippen molar-refractivity contribution in [3.63, 3.8) is 0 Å². The fourth-order valence-electron chi connectivity index (χ4n) is 3.61. The highest BCUT2D eigenvalue weighted by molar-refractivity contribution is 7.20. The summed E-state index contributed by atoms with van der Waals surface area (Å²) in [6, 6.07) is 12.6. The van der Waals surface area contributed by atoms with Crippen LogP contribution >= 0.6 is 11.3 Å². The predicted molar refractivity (Wildman–Crippen MR) is 119 cm³/mol. The Labute approximate surface area is 182 Å². The average molecular weight is 439 g/mol. The molecule has 1 fully saturated rings. The minimum absolute atomic E-state index is 0.0270. The van der Waals surface area contributed by atoms with E-state index < -0.39 is 10.9 Å². The molecule has 1 aromatic heterocycles. The smallest absolute Gasteiger partial charge is 0.353 e. The quantitative estimate of drug-likeness (QED) is 0.237. The van der Waals surface area contributed by atoms with Gasteiger partial charge in [0.05, 0.1) is 4.92 Å². The first-order valence-electron chi connectivity index (χ1n) is 10.1. The van der Waals surface area contributed by atoms with E-state index in [0.717, 1.165) is 30.4 Å². The van der Waals surface area contributed by atoms with Crippen molar-refractivity contribution in [2.75, 3.05) is 5.32 Å². The van der Waals surface area contributed by atoms with E-state index in [1.807, 2.05) is 0 Å². The highest BCUT2D eigenvalue weighted by Gasteiger charge is 2.17. The van der Waals surface area contributed by atoms with Crippen LogP contribution in [0.3, 0.4) is 0 Å². The van der Waals surface area contributed by atoms with Gasteiger partial charge in [-0.15, -0.1) is 11.3 Å². The van der Waals surface area contributed by atoms with Crippen LogP contribution in [0.4, 0.5) is 16.2 Å². The molecular formula is C22H21N3O5S. The lowest BCUT2D eigenvalue weighted by molar-refractivity contribution is -0.384. The lowest BCUT2D eigenvalue weighted by Crippen LogP contribution is -2.38. The van der Waals surface area contributed by atoms with E-state index in [0.29, 0.717) is 21.7 Å². The third-order valence-corrected chi connectivity index (χ3v) is 6.27. The summed E-state index contributed by atoms with van der Waals surface area (Å²) in [5.41, 5.74) is 0.572. The number of carbonyl (C=O) groups excluding carboxylic acids is 2. The van der Waals surface area contributed by atoms with E-state index in [1.54, 1.807) is 36.4 Å². The number of urea groups is 1. The summed E-state index contributed by atoms with van der Waals surface area (Å²) < 4.78 is 6.16. The lowest BCUT2D eigenvalue weighted by atomic mass is 9.96. The van der Waals surface area contributed by atoms with Gasteiger partial charge in [0.25, 0.3) is 5.69 Å². The van der Waals surface area contributed by atoms with E-state index in [9.17, 15) is 19.7 Å². The third-order valence-electron chi connectivity index (χ3n) is 5.18. The SMILES string of the molecule is O=C(Nc1ccc(OC(=O)c2cc3cc([N+](=O)[O-])ccc3s2)cc1)NC1CCCCC1. The van der Waals surface area contributed by atoms with E-state index in [4.69, 9.17) is 4.74 Å². The molecule has 8 nitrogen and oxygen atoms in total. The molecule has 0 bridgehead atoms. The number of fused-ring (bicyclic) bond motifs is 1. The first-order valence-corrected chi connectivity index (χ1v) is 10.9. The van der Waals surface area contributed by atoms with Crippen molar-refractivity contribution in [1.82, 2.24) is 5.32 Å². The number of amides is 2. The van der Waals surface area contributed by atoms with Crippen molar-refractivity contribution in [2.24, 2.45) is 0 Å². The Morgan fingerprint density at radius 1 is 1.03 bits per heavy atom. The predicted octanol–water partition coefficient (Wildman–Crippen LogP) is 5.48. The molecule has 4 rings (SSSR count). The van der Waals surface area contributed by atoms with Crippen LogP contribution in [0.15, 0.2) is 48.5 Å². The zero-order chi connectivity index (χ0) is 21.8. The Morgan fingerprint density at radius 3 is 2.48 bits per heavy atom. The molecule has 31 heavy (non-hydrogen) atoms. The molecular weight excluding hydrogens is 418 g/mol. The molecule has 160 valence electrons. The molecule has 2 amide bonds. The minimum atomic E-state index is -0.542. The Balaban J connectivity index is 1.36. The second-order valence-corrected chi connectivity index (χ2v) is 8.52. The van der Waals surface area contributed by atoms with Crippen LogP contribution in [-0.2, 0) is 0 Å². The number of thiophene rings is 1. The molecule has 2 N–H and O–H groups in total. The highest BCUT2D eigenvalue weighted by Crippen LogP contribution is 2.30. The first-order chi connectivity index (χ1) is 15.0. The normalized spacial score (nSPS) is 14.2. The van der Waals surface area contributed by atoms with Crippen molar-refractivity contribution in [3.8, 4) is 5.75 Å². The van der Waals surface area contributed by atoms with E-state index >= 15 is 0 Å². The van der Waals surface area contributed by atoms with Crippen molar-refractivity contribution < 1.29 is 19.2 Å². The fraction of sp³-hybridized carbons (Fsp3) is 0.273. The Morgan fingerprint density at radius 2 is 1.77 bits per heavy atom. The monoisotopic (exact) mass is 439 g/mol. The maximum Gasteiger partial charge on any atom is 0.353 e. The fourth-order valence-corrected chi connectivity index (χ4v) is 4.53. The number of anilines is 1. The third kappa shape index (κ3) is 5.18. The van der Waals surface area contributed by atoms with Gasteiger partial charge in [0.1, 0.15) is 10.6 Å². The van der Waals surface area contributed by atoms with Crippen LogP contribution in [0.5, 0.6) is 5.75 Å². The lowest BCUT2D eigenvalue weighted by Gasteiger charge is -2.22. The molecule has 0 atom stereocenters. The maximum absolute atomic E-state index is 12.5. The molecule has 0 aliphatic heterocycles. The average Bonchev–Trinajstić information content (AvgIpc) is 3.19. The molecule has 0 unspecified atom stereocenters. The molecule has 1 aliphatic rings. The number of carbonyl (C=O) groups is 2. The summed E-state index contributed by atoms with van der Waals surface area (Å²) in [6.45, 7) is 0. The Hall–Kier alpha value is -3.46. The molecule has 1 heterocycles. The Bertz CT molecular complexity index is 1120. The van der Waals surface area contributed by atoms with Gasteiger partial charge in [-0.3, -0.25) is 10.1 Å². The van der Waals surface area contributed by atoms with Crippen molar-refractivity contribution in [2.45, 2.75) is 38.1 Å². The summed E-state index contributed by atoms with van der Waals surface area (Å²) in [7, 11) is 0. The molecule has 0 saturated heterocycles. The van der Waals surface area contributed by atoms with Gasteiger partial charge < -0.3 is 15.4 Å². The summed E-state index contributed by atoms with van der Waals surface area (Å²) in [5.74, 6) is -0.203. The zero-order valence-electron chi connectivity index (χ0n) is 16.6. The second-order valence-electron chi connectivity index (χ2n) is 7.44. The second kappa shape index (κ2) is 9.13. The molecule has 3 aromatic rings. The van der Waals surface area contributed by atoms with Crippen LogP contribution in [0.1, 0.15) is 41.8 Å². The van der Waals surface area contributed by atoms with Crippen LogP contribution in [0.25, 0.3) is 10.1 Å². The van der Waals surface area contributed by atoms with Gasteiger partial charge >= 0.3 is 12.0 Å². The Kier molecular flexibility index (Phi) is 6.13. The number of nitro benzene ring substituents is 1. The van der Waals surface area contributed by atoms with Gasteiger partial charge in [-0.05, 0) is 49.2 Å². The molecule has 9 heteroatoms. The molecule has 2 aromatic carbocycles. The van der Waals surface area contributed by atoms with Gasteiger partial charge in [0.15, 0.2) is 0 Å². The summed E-state index contributed by atoms with van der Waals surface area (Å²) in [5, 5.41) is 17.3. The first kappa shape index (κ1) is 20.8. The maximum atomic E-state index is 12.5. The largest absolute Gasteiger partial charge is 0.422 e. The van der Waals surface area contributed by atoms with E-state index in [2.05, 4.69) is 10.6 Å². The van der Waals surface area contributed by atoms with Gasteiger partial charge in [-0.2, -0.15) is 0 Å². The molecule has 1 aliphatic carbocycles. The van der Waals surface area contributed by atoms with Crippen molar-refractivity contribution >= 4 is 44.8 Å². The van der Waals surface area contributed by atoms with Crippen molar-refractivity contribution in [1.29, 1.82) is 0 Å². The van der Waals surface area contributed by atoms with E-state index in [1.165, 1.54) is 29.9 Å².